The van der Waals surface area contributed by atoms with Crippen LogP contribution in [0.1, 0.15) is 23.1 Å². The Labute approximate surface area is 120 Å². The van der Waals surface area contributed by atoms with E-state index in [1.54, 1.807) is 16.8 Å². The summed E-state index contributed by atoms with van der Waals surface area (Å²) in [5, 5.41) is 24.6. The van der Waals surface area contributed by atoms with Crippen LogP contribution < -0.4 is 0 Å². The molecule has 0 aliphatic heterocycles. The van der Waals surface area contributed by atoms with E-state index in [4.69, 9.17) is 0 Å². The van der Waals surface area contributed by atoms with Crippen molar-refractivity contribution in [1.29, 1.82) is 0 Å². The number of aryl methyl sites for hydroxylation is 2. The first kappa shape index (κ1) is 14.2. The van der Waals surface area contributed by atoms with Crippen molar-refractivity contribution in [3.63, 3.8) is 0 Å². The van der Waals surface area contributed by atoms with Crippen molar-refractivity contribution < 1.29 is 10.2 Å². The fourth-order valence-corrected chi connectivity index (χ4v) is 2.58. The zero-order valence-corrected chi connectivity index (χ0v) is 12.5. The first-order chi connectivity index (χ1) is 9.00. The Morgan fingerprint density at radius 3 is 2.42 bits per heavy atom. The molecule has 0 bridgehead atoms. The molecule has 0 spiro atoms. The fourth-order valence-electron chi connectivity index (χ4n) is 2.08. The maximum absolute atomic E-state index is 10.2. The lowest BCUT2D eigenvalue weighted by molar-refractivity contribution is 0.0178. The molecule has 0 radical (unpaired) electrons. The second kappa shape index (κ2) is 5.86. The topological polar surface area (TPSA) is 58.3 Å². The standard InChI is InChI=1S/C14H17BrN2O2/c1-9-13(15)11(17(2)16-9)8-12(18)14(19)10-6-4-3-5-7-10/h3-7,12,14,18-19H,8H2,1-2H3. The van der Waals surface area contributed by atoms with E-state index in [-0.39, 0.29) is 0 Å². The van der Waals surface area contributed by atoms with Crippen molar-refractivity contribution in [2.75, 3.05) is 0 Å². The van der Waals surface area contributed by atoms with Gasteiger partial charge in [-0.15, -0.1) is 0 Å². The Bertz CT molecular complexity index is 554. The molecule has 0 aliphatic rings. The Hall–Kier alpha value is -1.17. The van der Waals surface area contributed by atoms with Crippen molar-refractivity contribution in [3.8, 4) is 0 Å². The van der Waals surface area contributed by atoms with Crippen molar-refractivity contribution in [3.05, 3.63) is 51.8 Å². The van der Waals surface area contributed by atoms with Gasteiger partial charge in [0.1, 0.15) is 6.10 Å². The second-order valence-corrected chi connectivity index (χ2v) is 5.39. The van der Waals surface area contributed by atoms with Gasteiger partial charge in [0.15, 0.2) is 0 Å². The molecular formula is C14H17BrN2O2. The highest BCUT2D eigenvalue weighted by molar-refractivity contribution is 9.10. The number of halogens is 1. The summed E-state index contributed by atoms with van der Waals surface area (Å²) in [7, 11) is 1.83. The highest BCUT2D eigenvalue weighted by atomic mass is 79.9. The number of benzene rings is 1. The van der Waals surface area contributed by atoms with E-state index in [9.17, 15) is 10.2 Å². The maximum Gasteiger partial charge on any atom is 0.105 e. The van der Waals surface area contributed by atoms with Gasteiger partial charge >= 0.3 is 0 Å². The van der Waals surface area contributed by atoms with Crippen LogP contribution in [-0.4, -0.2) is 26.1 Å². The Balaban J connectivity index is 2.15. The molecule has 5 heteroatoms. The summed E-state index contributed by atoms with van der Waals surface area (Å²) in [6.07, 6.45) is -1.43. The lowest BCUT2D eigenvalue weighted by Gasteiger charge is -2.18. The third-order valence-corrected chi connectivity index (χ3v) is 4.20. The van der Waals surface area contributed by atoms with Crippen LogP contribution in [0.5, 0.6) is 0 Å². The average Bonchev–Trinajstić information content (AvgIpc) is 2.65. The molecule has 2 N–H and O–H groups in total. The molecule has 0 fully saturated rings. The number of hydrogen-bond acceptors (Lipinski definition) is 3. The molecule has 0 aliphatic carbocycles. The first-order valence-electron chi connectivity index (χ1n) is 6.09. The summed E-state index contributed by atoms with van der Waals surface area (Å²) in [5.74, 6) is 0. The lowest BCUT2D eigenvalue weighted by Crippen LogP contribution is -2.22. The molecule has 19 heavy (non-hydrogen) atoms. The minimum absolute atomic E-state index is 0.341. The van der Waals surface area contributed by atoms with Gasteiger partial charge < -0.3 is 10.2 Å². The predicted molar refractivity (Wildman–Crippen MR) is 76.8 cm³/mol. The molecular weight excluding hydrogens is 308 g/mol. The summed E-state index contributed by atoms with van der Waals surface area (Å²) < 4.78 is 2.61. The van der Waals surface area contributed by atoms with E-state index in [0.29, 0.717) is 12.0 Å². The van der Waals surface area contributed by atoms with Crippen LogP contribution in [0.2, 0.25) is 0 Å². The molecule has 1 aromatic carbocycles. The van der Waals surface area contributed by atoms with Gasteiger partial charge in [0.05, 0.1) is 22.0 Å². The molecule has 4 nitrogen and oxygen atoms in total. The summed E-state index contributed by atoms with van der Waals surface area (Å²) in [5.41, 5.74) is 2.46. The van der Waals surface area contributed by atoms with Gasteiger partial charge in [0.2, 0.25) is 0 Å². The molecule has 1 aromatic heterocycles. The van der Waals surface area contributed by atoms with Crippen molar-refractivity contribution in [2.24, 2.45) is 7.05 Å². The molecule has 0 saturated carbocycles. The normalized spacial score (nSPS) is 14.4. The van der Waals surface area contributed by atoms with Crippen LogP contribution in [0.3, 0.4) is 0 Å². The predicted octanol–water partition coefficient (Wildman–Crippen LogP) is 2.13. The minimum atomic E-state index is -0.900. The third-order valence-electron chi connectivity index (χ3n) is 3.17. The smallest absolute Gasteiger partial charge is 0.105 e. The van der Waals surface area contributed by atoms with Crippen LogP contribution in [0.4, 0.5) is 0 Å². The SMILES string of the molecule is Cc1nn(C)c(CC(O)C(O)c2ccccc2)c1Br. The van der Waals surface area contributed by atoms with Crippen LogP contribution in [0.25, 0.3) is 0 Å². The second-order valence-electron chi connectivity index (χ2n) is 4.60. The Kier molecular flexibility index (Phi) is 4.39. The van der Waals surface area contributed by atoms with Gasteiger partial charge in [0.25, 0.3) is 0 Å². The van der Waals surface area contributed by atoms with E-state index in [1.807, 2.05) is 32.2 Å². The van der Waals surface area contributed by atoms with Crippen molar-refractivity contribution in [2.45, 2.75) is 25.6 Å². The zero-order valence-electron chi connectivity index (χ0n) is 10.9. The van der Waals surface area contributed by atoms with Gasteiger partial charge in [0, 0.05) is 13.5 Å². The van der Waals surface area contributed by atoms with Crippen LogP contribution in [-0.2, 0) is 13.5 Å². The van der Waals surface area contributed by atoms with Gasteiger partial charge in [-0.05, 0) is 28.4 Å². The molecule has 1 heterocycles. The van der Waals surface area contributed by atoms with E-state index in [2.05, 4.69) is 21.0 Å². The van der Waals surface area contributed by atoms with Crippen molar-refractivity contribution >= 4 is 15.9 Å². The number of aliphatic hydroxyl groups is 2. The highest BCUT2D eigenvalue weighted by Gasteiger charge is 2.22. The molecule has 0 amide bonds. The van der Waals surface area contributed by atoms with Crippen LogP contribution >= 0.6 is 15.9 Å². The molecule has 2 aromatic rings. The Morgan fingerprint density at radius 1 is 1.26 bits per heavy atom. The van der Waals surface area contributed by atoms with Gasteiger partial charge in [-0.1, -0.05) is 30.3 Å². The lowest BCUT2D eigenvalue weighted by atomic mass is 10.0. The van der Waals surface area contributed by atoms with Gasteiger partial charge in [-0.3, -0.25) is 4.68 Å². The number of hydrogen-bond donors (Lipinski definition) is 2. The summed E-state index contributed by atoms with van der Waals surface area (Å²) in [6, 6.07) is 9.17. The van der Waals surface area contributed by atoms with E-state index < -0.39 is 12.2 Å². The quantitative estimate of drug-likeness (QED) is 0.905. The number of aromatic nitrogens is 2. The average molecular weight is 325 g/mol. The third kappa shape index (κ3) is 3.05. The largest absolute Gasteiger partial charge is 0.390 e. The van der Waals surface area contributed by atoms with Crippen LogP contribution in [0.15, 0.2) is 34.8 Å². The van der Waals surface area contributed by atoms with Gasteiger partial charge in [-0.25, -0.2) is 0 Å². The number of nitrogens with zero attached hydrogens (tertiary/aromatic N) is 2. The Morgan fingerprint density at radius 2 is 1.89 bits per heavy atom. The van der Waals surface area contributed by atoms with E-state index in [0.717, 1.165) is 15.9 Å². The van der Waals surface area contributed by atoms with Crippen molar-refractivity contribution in [1.82, 2.24) is 9.78 Å². The monoisotopic (exact) mass is 324 g/mol. The van der Waals surface area contributed by atoms with Gasteiger partial charge in [-0.2, -0.15) is 5.10 Å². The summed E-state index contributed by atoms with van der Waals surface area (Å²) in [6.45, 7) is 1.90. The molecule has 2 rings (SSSR count). The molecule has 102 valence electrons. The summed E-state index contributed by atoms with van der Waals surface area (Å²) >= 11 is 3.46. The maximum atomic E-state index is 10.2. The fraction of sp³-hybridized carbons (Fsp3) is 0.357. The molecule has 2 atom stereocenters. The molecule has 0 saturated heterocycles. The van der Waals surface area contributed by atoms with E-state index in [1.165, 1.54) is 0 Å². The first-order valence-corrected chi connectivity index (χ1v) is 6.89. The van der Waals surface area contributed by atoms with Crippen LogP contribution in [0, 0.1) is 6.92 Å². The number of aliphatic hydroxyl groups excluding tert-OH is 2. The van der Waals surface area contributed by atoms with E-state index >= 15 is 0 Å². The zero-order chi connectivity index (χ0) is 14.0. The number of rotatable bonds is 4. The highest BCUT2D eigenvalue weighted by Crippen LogP contribution is 2.25. The summed E-state index contributed by atoms with van der Waals surface area (Å²) in [4.78, 5) is 0. The minimum Gasteiger partial charge on any atom is -0.390 e. The molecule has 2 unspecified atom stereocenters.